The van der Waals surface area contributed by atoms with Gasteiger partial charge in [0.25, 0.3) is 0 Å². The molecular formula is C29H27FN4O4. The summed E-state index contributed by atoms with van der Waals surface area (Å²) < 4.78 is 26.4. The van der Waals surface area contributed by atoms with Crippen LogP contribution in [0.3, 0.4) is 0 Å². The summed E-state index contributed by atoms with van der Waals surface area (Å²) in [5.74, 6) is 0.495. The van der Waals surface area contributed by atoms with Crippen LogP contribution in [0.25, 0.3) is 0 Å². The number of likely N-dealkylation sites (tertiary alicyclic amines) is 1. The zero-order valence-electron chi connectivity index (χ0n) is 20.7. The van der Waals surface area contributed by atoms with Crippen molar-refractivity contribution in [1.29, 1.82) is 0 Å². The van der Waals surface area contributed by atoms with E-state index in [1.165, 1.54) is 29.5 Å². The van der Waals surface area contributed by atoms with E-state index in [-0.39, 0.29) is 36.6 Å². The molecule has 0 bridgehead atoms. The fourth-order valence-corrected chi connectivity index (χ4v) is 4.46. The standard InChI is InChI=1S/C29H27FN4O4/c30-23-8-12-25(13-9-23)38-24-10-6-21(7-11-24)14-28(35)27-15-26(37-18-22-4-2-1-3-5-22)16-34(27)29(36)17-33-20-31-19-32-33/h1-13,19-20,26-27H,14-18H2/t26-,27+/m1/s1. The summed E-state index contributed by atoms with van der Waals surface area (Å²) in [7, 11) is 0. The van der Waals surface area contributed by atoms with E-state index < -0.39 is 6.04 Å². The van der Waals surface area contributed by atoms with Gasteiger partial charge in [-0.05, 0) is 47.5 Å². The van der Waals surface area contributed by atoms with Gasteiger partial charge in [0.1, 0.15) is 36.5 Å². The Kier molecular flexibility index (Phi) is 7.84. The molecule has 0 radical (unpaired) electrons. The number of ether oxygens (including phenoxy) is 2. The van der Waals surface area contributed by atoms with Gasteiger partial charge in [-0.1, -0.05) is 42.5 Å². The molecule has 194 valence electrons. The minimum absolute atomic E-state index is 0.00457. The average molecular weight is 515 g/mol. The number of aromatic nitrogens is 3. The predicted octanol–water partition coefficient (Wildman–Crippen LogP) is 4.21. The number of carbonyl (C=O) groups is 2. The van der Waals surface area contributed by atoms with Crippen LogP contribution in [-0.2, 0) is 33.9 Å². The molecule has 2 heterocycles. The van der Waals surface area contributed by atoms with Gasteiger partial charge in [-0.15, -0.1) is 0 Å². The number of Topliss-reactive ketones (excluding diaryl/α,β-unsaturated/α-hetero) is 1. The summed E-state index contributed by atoms with van der Waals surface area (Å²) in [6.45, 7) is 0.749. The van der Waals surface area contributed by atoms with Crippen molar-refractivity contribution in [2.45, 2.75) is 38.1 Å². The normalized spacial score (nSPS) is 16.9. The Morgan fingerprint density at radius 2 is 1.63 bits per heavy atom. The van der Waals surface area contributed by atoms with E-state index in [0.717, 1.165) is 11.1 Å². The summed E-state index contributed by atoms with van der Waals surface area (Å²) in [5.41, 5.74) is 1.84. The number of carbonyl (C=O) groups excluding carboxylic acids is 2. The molecule has 1 fully saturated rings. The van der Waals surface area contributed by atoms with Crippen molar-refractivity contribution >= 4 is 11.7 Å². The van der Waals surface area contributed by atoms with Gasteiger partial charge in [-0.25, -0.2) is 14.1 Å². The Morgan fingerprint density at radius 3 is 2.32 bits per heavy atom. The molecule has 4 aromatic rings. The van der Waals surface area contributed by atoms with Crippen LogP contribution in [0.15, 0.2) is 91.5 Å². The van der Waals surface area contributed by atoms with E-state index >= 15 is 0 Å². The summed E-state index contributed by atoms with van der Waals surface area (Å²) >= 11 is 0. The first-order valence-corrected chi connectivity index (χ1v) is 12.4. The van der Waals surface area contributed by atoms with Gasteiger partial charge < -0.3 is 14.4 Å². The van der Waals surface area contributed by atoms with E-state index in [2.05, 4.69) is 10.1 Å². The minimum Gasteiger partial charge on any atom is -0.457 e. The van der Waals surface area contributed by atoms with Crippen LogP contribution in [0.5, 0.6) is 11.5 Å². The maximum absolute atomic E-state index is 13.4. The first-order chi connectivity index (χ1) is 18.5. The first kappa shape index (κ1) is 25.3. The Morgan fingerprint density at radius 1 is 0.921 bits per heavy atom. The quantitative estimate of drug-likeness (QED) is 0.315. The molecule has 8 nitrogen and oxygen atoms in total. The lowest BCUT2D eigenvalue weighted by Crippen LogP contribution is -2.43. The van der Waals surface area contributed by atoms with Crippen LogP contribution in [0.2, 0.25) is 0 Å². The van der Waals surface area contributed by atoms with Gasteiger partial charge in [-0.2, -0.15) is 5.10 Å². The third-order valence-corrected chi connectivity index (χ3v) is 6.40. The number of nitrogens with zero attached hydrogens (tertiary/aromatic N) is 4. The molecule has 1 amide bonds. The van der Waals surface area contributed by atoms with E-state index in [1.54, 1.807) is 29.2 Å². The third-order valence-electron chi connectivity index (χ3n) is 6.40. The number of hydrogen-bond acceptors (Lipinski definition) is 6. The summed E-state index contributed by atoms with van der Waals surface area (Å²) in [5, 5.41) is 4.01. The van der Waals surface area contributed by atoms with Crippen LogP contribution in [0.4, 0.5) is 4.39 Å². The third kappa shape index (κ3) is 6.49. The highest BCUT2D eigenvalue weighted by Crippen LogP contribution is 2.26. The van der Waals surface area contributed by atoms with Crippen molar-refractivity contribution in [3.05, 3.63) is 108 Å². The van der Waals surface area contributed by atoms with Gasteiger partial charge in [-0.3, -0.25) is 9.59 Å². The van der Waals surface area contributed by atoms with Crippen LogP contribution in [0.1, 0.15) is 17.5 Å². The van der Waals surface area contributed by atoms with Gasteiger partial charge in [0, 0.05) is 19.4 Å². The maximum atomic E-state index is 13.4. The monoisotopic (exact) mass is 514 g/mol. The van der Waals surface area contributed by atoms with E-state index in [9.17, 15) is 14.0 Å². The Labute approximate surface area is 219 Å². The molecule has 9 heteroatoms. The number of amides is 1. The smallest absolute Gasteiger partial charge is 0.245 e. The van der Waals surface area contributed by atoms with Crippen LogP contribution < -0.4 is 4.74 Å². The minimum atomic E-state index is -0.595. The van der Waals surface area contributed by atoms with E-state index in [0.29, 0.717) is 31.1 Å². The number of halogens is 1. The molecule has 1 aliphatic heterocycles. The zero-order valence-corrected chi connectivity index (χ0v) is 20.7. The molecule has 0 saturated carbocycles. The number of hydrogen-bond donors (Lipinski definition) is 0. The number of rotatable bonds is 10. The van der Waals surface area contributed by atoms with Crippen LogP contribution in [0, 0.1) is 5.82 Å². The lowest BCUT2D eigenvalue weighted by molar-refractivity contribution is -0.138. The lowest BCUT2D eigenvalue weighted by atomic mass is 10.0. The first-order valence-electron chi connectivity index (χ1n) is 12.4. The molecule has 38 heavy (non-hydrogen) atoms. The summed E-state index contributed by atoms with van der Waals surface area (Å²) in [6.07, 6.45) is 3.19. The zero-order chi connectivity index (χ0) is 26.3. The number of ketones is 1. The fourth-order valence-electron chi connectivity index (χ4n) is 4.46. The molecule has 0 unspecified atom stereocenters. The highest BCUT2D eigenvalue weighted by atomic mass is 19.1. The molecule has 0 N–H and O–H groups in total. The van der Waals surface area contributed by atoms with E-state index in [1.807, 2.05) is 42.5 Å². The van der Waals surface area contributed by atoms with Crippen LogP contribution in [-0.4, -0.2) is 50.0 Å². The second-order valence-corrected chi connectivity index (χ2v) is 9.15. The molecular weight excluding hydrogens is 487 g/mol. The molecule has 3 aromatic carbocycles. The van der Waals surface area contributed by atoms with Crippen LogP contribution >= 0.6 is 0 Å². The average Bonchev–Trinajstić information content (AvgIpc) is 3.61. The number of benzene rings is 3. The topological polar surface area (TPSA) is 86.5 Å². The summed E-state index contributed by atoms with van der Waals surface area (Å²) in [4.78, 5) is 32.0. The molecule has 2 atom stereocenters. The van der Waals surface area contributed by atoms with Crippen molar-refractivity contribution in [3.63, 3.8) is 0 Å². The fraction of sp³-hybridized carbons (Fsp3) is 0.241. The molecule has 0 aliphatic carbocycles. The second-order valence-electron chi connectivity index (χ2n) is 9.15. The van der Waals surface area contributed by atoms with Crippen molar-refractivity contribution in [2.24, 2.45) is 0 Å². The second kappa shape index (κ2) is 11.8. The highest BCUT2D eigenvalue weighted by molar-refractivity contribution is 5.91. The van der Waals surface area contributed by atoms with Gasteiger partial charge in [0.2, 0.25) is 5.91 Å². The van der Waals surface area contributed by atoms with Crippen molar-refractivity contribution in [1.82, 2.24) is 19.7 Å². The Hall–Kier alpha value is -4.37. The molecule has 5 rings (SSSR count). The van der Waals surface area contributed by atoms with Gasteiger partial charge in [0.05, 0.1) is 18.8 Å². The molecule has 0 spiro atoms. The Balaban J connectivity index is 1.24. The lowest BCUT2D eigenvalue weighted by Gasteiger charge is -2.23. The SMILES string of the molecule is O=C(Cc1ccc(Oc2ccc(F)cc2)cc1)[C@@H]1C[C@@H](OCc2ccccc2)CN1C(=O)Cn1cncn1. The maximum Gasteiger partial charge on any atom is 0.245 e. The van der Waals surface area contributed by atoms with Crippen molar-refractivity contribution in [3.8, 4) is 11.5 Å². The van der Waals surface area contributed by atoms with Crippen molar-refractivity contribution in [2.75, 3.05) is 6.54 Å². The van der Waals surface area contributed by atoms with Gasteiger partial charge in [0.15, 0.2) is 5.78 Å². The Bertz CT molecular complexity index is 1350. The largest absolute Gasteiger partial charge is 0.457 e. The summed E-state index contributed by atoms with van der Waals surface area (Å²) in [6, 6.07) is 22.1. The molecule has 1 saturated heterocycles. The van der Waals surface area contributed by atoms with Gasteiger partial charge >= 0.3 is 0 Å². The van der Waals surface area contributed by atoms with E-state index in [4.69, 9.17) is 9.47 Å². The molecule has 1 aromatic heterocycles. The molecule has 1 aliphatic rings. The van der Waals surface area contributed by atoms with Crippen molar-refractivity contribution < 1.29 is 23.5 Å². The highest BCUT2D eigenvalue weighted by Gasteiger charge is 2.39. The predicted molar refractivity (Wildman–Crippen MR) is 137 cm³/mol.